The molecule has 10 aromatic rings. The largest absolute Gasteiger partial charge is 0.320 e. The lowest BCUT2D eigenvalue weighted by atomic mass is 10.0. The number of anilines is 6. The van der Waals surface area contributed by atoms with E-state index in [1.807, 2.05) is 12.3 Å². The van der Waals surface area contributed by atoms with Gasteiger partial charge in [0.05, 0.1) is 12.3 Å². The molecular formula is C60H42N4Si2. The molecule has 0 saturated carbocycles. The van der Waals surface area contributed by atoms with Crippen molar-refractivity contribution < 1.29 is 0 Å². The van der Waals surface area contributed by atoms with Gasteiger partial charge in [-0.15, -0.1) is 0 Å². The van der Waals surface area contributed by atoms with Crippen molar-refractivity contribution in [2.75, 3.05) is 9.80 Å². The van der Waals surface area contributed by atoms with E-state index < -0.39 is 16.1 Å². The highest BCUT2D eigenvalue weighted by Gasteiger charge is 2.50. The normalized spacial score (nSPS) is 13.9. The molecular weight excluding hydrogens is 833 g/mol. The molecule has 0 atom stereocenters. The lowest BCUT2D eigenvalue weighted by molar-refractivity contribution is 1.18. The smallest absolute Gasteiger partial charge is 0.211 e. The second kappa shape index (κ2) is 16.0. The van der Waals surface area contributed by atoms with Gasteiger partial charge in [-0.1, -0.05) is 200 Å². The van der Waals surface area contributed by atoms with Crippen molar-refractivity contribution in [3.8, 4) is 11.1 Å². The number of hydrogen-bond acceptors (Lipinski definition) is 3. The molecule has 0 amide bonds. The number of hydrogen-bond donors (Lipinski definition) is 0. The van der Waals surface area contributed by atoms with Gasteiger partial charge in [-0.05, 0) is 101 Å². The molecule has 6 heteroatoms. The van der Waals surface area contributed by atoms with Crippen molar-refractivity contribution in [3.63, 3.8) is 0 Å². The molecule has 3 heterocycles. The minimum atomic E-state index is -2.78. The summed E-state index contributed by atoms with van der Waals surface area (Å²) < 4.78 is 0. The summed E-state index contributed by atoms with van der Waals surface area (Å²) in [5.41, 5.74) is 7.82. The molecule has 2 aliphatic rings. The molecule has 0 fully saturated rings. The quantitative estimate of drug-likeness (QED) is 0.118. The minimum Gasteiger partial charge on any atom is -0.320 e. The van der Waals surface area contributed by atoms with Gasteiger partial charge in [-0.3, -0.25) is 4.90 Å². The second-order valence-electron chi connectivity index (χ2n) is 16.9. The molecule has 9 aromatic carbocycles. The summed E-state index contributed by atoms with van der Waals surface area (Å²) in [6, 6.07) is 90.2. The predicted octanol–water partition coefficient (Wildman–Crippen LogP) is 9.62. The van der Waals surface area contributed by atoms with Crippen LogP contribution in [0, 0.1) is 6.57 Å². The second-order valence-corrected chi connectivity index (χ2v) is 24.4. The third-order valence-corrected chi connectivity index (χ3v) is 23.4. The van der Waals surface area contributed by atoms with Gasteiger partial charge >= 0.3 is 0 Å². The van der Waals surface area contributed by atoms with Crippen LogP contribution in [0.3, 0.4) is 0 Å². The van der Waals surface area contributed by atoms with Crippen LogP contribution in [0.25, 0.3) is 16.0 Å². The highest BCUT2D eigenvalue weighted by molar-refractivity contribution is 7.22. The topological polar surface area (TPSA) is 23.7 Å². The Morgan fingerprint density at radius 1 is 0.333 bits per heavy atom. The van der Waals surface area contributed by atoms with Crippen LogP contribution in [0.5, 0.6) is 0 Å². The van der Waals surface area contributed by atoms with Crippen molar-refractivity contribution in [1.29, 1.82) is 0 Å². The van der Waals surface area contributed by atoms with Crippen LogP contribution < -0.4 is 51.3 Å². The Labute approximate surface area is 387 Å². The Hall–Kier alpha value is -8.35. The zero-order valence-corrected chi connectivity index (χ0v) is 38.0. The maximum absolute atomic E-state index is 8.63. The predicted molar refractivity (Wildman–Crippen MR) is 280 cm³/mol. The SMILES string of the molecule is [C-]#[N+]c1cc(-c2ccc(N3c4ccccc4[Si](c4ccccc4)(c4ccccc4)c4ccccc43)nc2)ccc1N1c2ccccc2[Si](c2ccccc2)(c2ccccc2)c2ccccc21. The number of para-hydroxylation sites is 4. The number of nitrogens with zero attached hydrogens (tertiary/aromatic N) is 4. The van der Waals surface area contributed by atoms with Crippen LogP contribution in [-0.2, 0) is 0 Å². The molecule has 0 unspecified atom stereocenters. The molecule has 66 heavy (non-hydrogen) atoms. The van der Waals surface area contributed by atoms with Gasteiger partial charge in [0, 0.05) is 28.9 Å². The molecule has 4 nitrogen and oxygen atoms in total. The fourth-order valence-corrected chi connectivity index (χ4v) is 21.2. The zero-order valence-electron chi connectivity index (χ0n) is 36.0. The molecule has 0 radical (unpaired) electrons. The van der Waals surface area contributed by atoms with E-state index in [1.165, 1.54) is 41.5 Å². The molecule has 12 rings (SSSR count). The van der Waals surface area contributed by atoms with Gasteiger partial charge in [-0.25, -0.2) is 9.83 Å². The van der Waals surface area contributed by atoms with Crippen LogP contribution in [0.2, 0.25) is 0 Å². The Morgan fingerprint density at radius 2 is 0.682 bits per heavy atom. The van der Waals surface area contributed by atoms with Crippen LogP contribution >= 0.6 is 0 Å². The van der Waals surface area contributed by atoms with E-state index in [2.05, 4.69) is 257 Å². The first-order chi connectivity index (χ1) is 32.7. The number of aromatic nitrogens is 1. The van der Waals surface area contributed by atoms with Crippen molar-refractivity contribution in [2.45, 2.75) is 0 Å². The first-order valence-electron chi connectivity index (χ1n) is 22.4. The Kier molecular flexibility index (Phi) is 9.53. The number of rotatable bonds is 7. The maximum atomic E-state index is 8.63. The minimum absolute atomic E-state index is 0.580. The molecule has 0 spiro atoms. The summed E-state index contributed by atoms with van der Waals surface area (Å²) >= 11 is 0. The number of pyridine rings is 1. The Morgan fingerprint density at radius 3 is 1.05 bits per heavy atom. The summed E-state index contributed by atoms with van der Waals surface area (Å²) in [6.45, 7) is 8.63. The van der Waals surface area contributed by atoms with Crippen molar-refractivity contribution >= 4 is 97.6 Å². The van der Waals surface area contributed by atoms with Gasteiger partial charge in [-0.2, -0.15) is 0 Å². The molecule has 0 bridgehead atoms. The van der Waals surface area contributed by atoms with Gasteiger partial charge in [0.2, 0.25) is 5.69 Å². The van der Waals surface area contributed by atoms with E-state index in [4.69, 9.17) is 11.6 Å². The van der Waals surface area contributed by atoms with Gasteiger partial charge in [0.15, 0.2) is 16.1 Å². The summed E-state index contributed by atoms with van der Waals surface area (Å²) in [4.78, 5) is 14.1. The van der Waals surface area contributed by atoms with E-state index in [0.29, 0.717) is 5.69 Å². The molecule has 1 aromatic heterocycles. The number of fused-ring (bicyclic) bond motifs is 4. The lowest BCUT2D eigenvalue weighted by Gasteiger charge is -2.45. The van der Waals surface area contributed by atoms with E-state index in [9.17, 15) is 0 Å². The maximum Gasteiger partial charge on any atom is 0.211 e. The zero-order chi connectivity index (χ0) is 44.1. The third-order valence-electron chi connectivity index (χ3n) is 13.7. The van der Waals surface area contributed by atoms with E-state index in [0.717, 1.165) is 45.4 Å². The van der Waals surface area contributed by atoms with Crippen molar-refractivity contribution in [3.05, 3.63) is 266 Å². The van der Waals surface area contributed by atoms with Crippen molar-refractivity contribution in [2.24, 2.45) is 0 Å². The van der Waals surface area contributed by atoms with Gasteiger partial charge in [0.1, 0.15) is 5.82 Å². The monoisotopic (exact) mass is 874 g/mol. The van der Waals surface area contributed by atoms with Crippen LogP contribution in [0.15, 0.2) is 255 Å². The standard InChI is InChI=1S/C60H42N4Si2/c1-61-50-42-44(38-40-51(50)63-52-30-14-18-34-56(52)65(46-22-6-2-7-23-46,47-24-8-3-9-25-47)57-35-19-15-31-53(57)63)45-39-41-60(62-43-45)64-54-32-16-20-36-58(54)66(48-26-10-4-11-27-48,49-28-12-5-13-29-49)59-37-21-17-33-55(59)64/h2-43H. The molecule has 0 N–H and O–H groups in total. The first kappa shape index (κ1) is 39.3. The van der Waals surface area contributed by atoms with Crippen LogP contribution in [-0.4, -0.2) is 21.1 Å². The highest BCUT2D eigenvalue weighted by atomic mass is 28.3. The highest BCUT2D eigenvalue weighted by Crippen LogP contribution is 2.44. The summed E-state index contributed by atoms with van der Waals surface area (Å²) in [6.07, 6.45) is 1.96. The van der Waals surface area contributed by atoms with Crippen LogP contribution in [0.1, 0.15) is 0 Å². The third kappa shape index (κ3) is 5.84. The molecule has 0 aliphatic carbocycles. The van der Waals surface area contributed by atoms with Gasteiger partial charge in [0.25, 0.3) is 0 Å². The number of benzene rings is 9. The van der Waals surface area contributed by atoms with Crippen molar-refractivity contribution in [1.82, 2.24) is 4.98 Å². The fraction of sp³-hybridized carbons (Fsp3) is 0. The molecule has 310 valence electrons. The first-order valence-corrected chi connectivity index (χ1v) is 26.4. The summed E-state index contributed by atoms with van der Waals surface area (Å²) in [5, 5.41) is 10.6. The van der Waals surface area contributed by atoms with E-state index in [1.54, 1.807) is 0 Å². The molecule has 0 saturated heterocycles. The van der Waals surface area contributed by atoms with Crippen LogP contribution in [0.4, 0.5) is 39.9 Å². The molecule has 2 aliphatic heterocycles. The summed E-state index contributed by atoms with van der Waals surface area (Å²) in [5.74, 6) is 0.843. The van der Waals surface area contributed by atoms with E-state index >= 15 is 0 Å². The van der Waals surface area contributed by atoms with E-state index in [-0.39, 0.29) is 0 Å². The Bertz CT molecular complexity index is 3270. The summed E-state index contributed by atoms with van der Waals surface area (Å²) in [7, 11) is -5.51. The Balaban J connectivity index is 0.962. The average molecular weight is 875 g/mol. The fourth-order valence-electron chi connectivity index (χ4n) is 11.0. The lowest BCUT2D eigenvalue weighted by Crippen LogP contribution is -2.77. The van der Waals surface area contributed by atoms with Gasteiger partial charge < -0.3 is 4.90 Å². The average Bonchev–Trinajstić information content (AvgIpc) is 3.40.